The van der Waals surface area contributed by atoms with Crippen molar-refractivity contribution in [3.63, 3.8) is 0 Å². The average molecular weight is 405 g/mol. The van der Waals surface area contributed by atoms with E-state index in [9.17, 15) is 0 Å². The Bertz CT molecular complexity index is 711. The Morgan fingerprint density at radius 3 is 1.87 bits per heavy atom. The zero-order valence-electron chi connectivity index (χ0n) is 19.7. The van der Waals surface area contributed by atoms with Crippen LogP contribution >= 0.6 is 0 Å². The van der Waals surface area contributed by atoms with E-state index in [0.717, 1.165) is 23.7 Å². The van der Waals surface area contributed by atoms with Gasteiger partial charge in [-0.05, 0) is 97.3 Å². The lowest BCUT2D eigenvalue weighted by molar-refractivity contribution is 0.187. The molecule has 0 heteroatoms. The number of benzene rings is 1. The third-order valence-electron chi connectivity index (χ3n) is 8.53. The van der Waals surface area contributed by atoms with Crippen LogP contribution < -0.4 is 0 Å². The Hall–Kier alpha value is -1.30. The minimum absolute atomic E-state index is 0.865. The first kappa shape index (κ1) is 21.9. The van der Waals surface area contributed by atoms with Gasteiger partial charge in [-0.1, -0.05) is 88.8 Å². The molecule has 30 heavy (non-hydrogen) atoms. The van der Waals surface area contributed by atoms with Crippen molar-refractivity contribution in [2.45, 2.75) is 104 Å². The van der Waals surface area contributed by atoms with Crippen molar-refractivity contribution < 1.29 is 0 Å². The smallest absolute Gasteiger partial charge is 0.0227 e. The molecule has 0 radical (unpaired) electrons. The highest BCUT2D eigenvalue weighted by molar-refractivity contribution is 5.71. The first-order valence-electron chi connectivity index (χ1n) is 13.2. The number of unbranched alkanes of at least 4 members (excludes halogenated alkanes) is 2. The summed E-state index contributed by atoms with van der Waals surface area (Å²) in [4.78, 5) is 0. The fourth-order valence-corrected chi connectivity index (χ4v) is 6.30. The third kappa shape index (κ3) is 5.68. The number of hydrogen-bond acceptors (Lipinski definition) is 0. The Morgan fingerprint density at radius 2 is 1.33 bits per heavy atom. The van der Waals surface area contributed by atoms with Crippen LogP contribution in [0.15, 0.2) is 36.4 Å². The van der Waals surface area contributed by atoms with E-state index in [-0.39, 0.29) is 0 Å². The van der Waals surface area contributed by atoms with E-state index in [1.807, 2.05) is 0 Å². The molecule has 1 saturated carbocycles. The average Bonchev–Trinajstić information content (AvgIpc) is 2.81. The minimum atomic E-state index is 0.865. The summed E-state index contributed by atoms with van der Waals surface area (Å²) in [6.07, 6.45) is 24.8. The van der Waals surface area contributed by atoms with Crippen LogP contribution in [-0.2, 0) is 0 Å². The molecule has 0 nitrogen and oxygen atoms in total. The van der Waals surface area contributed by atoms with Gasteiger partial charge in [-0.2, -0.15) is 0 Å². The Morgan fingerprint density at radius 1 is 0.700 bits per heavy atom. The van der Waals surface area contributed by atoms with E-state index >= 15 is 0 Å². The van der Waals surface area contributed by atoms with E-state index in [4.69, 9.17) is 0 Å². The normalized spacial score (nSPS) is 29.9. The molecule has 1 fully saturated rings. The topological polar surface area (TPSA) is 0 Å². The lowest BCUT2D eigenvalue weighted by atomic mass is 9.70. The molecule has 0 heterocycles. The molecule has 1 aromatic rings. The first-order chi connectivity index (χ1) is 14.7. The molecule has 0 saturated heterocycles. The molecule has 3 aliphatic rings. The molecular weight excluding hydrogens is 360 g/mol. The largest absolute Gasteiger partial charge is 0.0805 e. The van der Waals surface area contributed by atoms with Gasteiger partial charge in [-0.15, -0.1) is 0 Å². The van der Waals surface area contributed by atoms with Gasteiger partial charge in [0.15, 0.2) is 0 Å². The molecule has 2 atom stereocenters. The molecule has 3 aliphatic carbocycles. The van der Waals surface area contributed by atoms with Gasteiger partial charge in [0.05, 0.1) is 0 Å². The lowest BCUT2D eigenvalue weighted by Crippen LogP contribution is -2.23. The molecule has 0 amide bonds. The maximum Gasteiger partial charge on any atom is -0.0227 e. The van der Waals surface area contributed by atoms with Gasteiger partial charge in [-0.25, -0.2) is 0 Å². The maximum absolute atomic E-state index is 2.60. The van der Waals surface area contributed by atoms with Gasteiger partial charge in [0.1, 0.15) is 0 Å². The molecule has 164 valence electrons. The summed E-state index contributed by atoms with van der Waals surface area (Å²) in [6.45, 7) is 4.70. The standard InChI is InChI=1S/C30H44/c1-3-4-5-6-24-9-13-26(14-10-24)28-17-21-30(22-18-28)29-19-15-27(16-20-29)25-11-7-23(2)8-12-25/h11,15-16,19-21,23-24,26,28H,3-10,12-14,17-18,22H2,1-2H3. The molecule has 0 aromatic heterocycles. The summed E-state index contributed by atoms with van der Waals surface area (Å²) in [7, 11) is 0. The zero-order valence-corrected chi connectivity index (χ0v) is 19.7. The predicted molar refractivity (Wildman–Crippen MR) is 132 cm³/mol. The SMILES string of the molecule is CCCCCC1CCC(C2CC=C(c3ccc(C4=CCC(C)CC4)cc3)CC2)CC1. The monoisotopic (exact) mass is 404 g/mol. The Kier molecular flexibility index (Phi) is 7.91. The van der Waals surface area contributed by atoms with Crippen LogP contribution in [0.2, 0.25) is 0 Å². The van der Waals surface area contributed by atoms with Gasteiger partial charge < -0.3 is 0 Å². The highest BCUT2D eigenvalue weighted by Gasteiger charge is 2.28. The highest BCUT2D eigenvalue weighted by Crippen LogP contribution is 2.42. The van der Waals surface area contributed by atoms with E-state index in [1.54, 1.807) is 11.1 Å². The van der Waals surface area contributed by atoms with Crippen LogP contribution in [0.4, 0.5) is 0 Å². The van der Waals surface area contributed by atoms with Crippen molar-refractivity contribution in [3.05, 3.63) is 47.5 Å². The maximum atomic E-state index is 2.60. The van der Waals surface area contributed by atoms with Crippen LogP contribution in [0.3, 0.4) is 0 Å². The van der Waals surface area contributed by atoms with E-state index < -0.39 is 0 Å². The molecule has 0 spiro atoms. The van der Waals surface area contributed by atoms with Crippen LogP contribution in [0.1, 0.15) is 115 Å². The third-order valence-corrected chi connectivity index (χ3v) is 8.53. The second-order valence-electron chi connectivity index (χ2n) is 10.7. The molecule has 0 bridgehead atoms. The minimum Gasteiger partial charge on any atom is -0.0805 e. The molecular formula is C30H44. The van der Waals surface area contributed by atoms with Gasteiger partial charge in [-0.3, -0.25) is 0 Å². The highest BCUT2D eigenvalue weighted by atomic mass is 14.3. The van der Waals surface area contributed by atoms with Crippen LogP contribution in [0.5, 0.6) is 0 Å². The lowest BCUT2D eigenvalue weighted by Gasteiger charge is -2.35. The van der Waals surface area contributed by atoms with Crippen molar-refractivity contribution in [2.75, 3.05) is 0 Å². The van der Waals surface area contributed by atoms with Crippen molar-refractivity contribution in [1.29, 1.82) is 0 Å². The number of allylic oxidation sites excluding steroid dienone is 4. The molecule has 0 N–H and O–H groups in total. The summed E-state index contributed by atoms with van der Waals surface area (Å²) < 4.78 is 0. The molecule has 2 unspecified atom stereocenters. The van der Waals surface area contributed by atoms with E-state index in [1.165, 1.54) is 101 Å². The van der Waals surface area contributed by atoms with Gasteiger partial charge in [0.2, 0.25) is 0 Å². The van der Waals surface area contributed by atoms with Crippen LogP contribution in [0.25, 0.3) is 11.1 Å². The number of rotatable bonds is 7. The van der Waals surface area contributed by atoms with Gasteiger partial charge in [0.25, 0.3) is 0 Å². The van der Waals surface area contributed by atoms with Crippen molar-refractivity contribution in [3.8, 4) is 0 Å². The summed E-state index contributed by atoms with van der Waals surface area (Å²) >= 11 is 0. The van der Waals surface area contributed by atoms with Crippen molar-refractivity contribution in [1.82, 2.24) is 0 Å². The van der Waals surface area contributed by atoms with Crippen LogP contribution in [0, 0.1) is 23.7 Å². The van der Waals surface area contributed by atoms with E-state index in [0.29, 0.717) is 0 Å². The Labute approximate surface area is 186 Å². The fourth-order valence-electron chi connectivity index (χ4n) is 6.30. The van der Waals surface area contributed by atoms with E-state index in [2.05, 4.69) is 50.3 Å². The molecule has 4 rings (SSSR count). The van der Waals surface area contributed by atoms with Gasteiger partial charge in [0, 0.05) is 0 Å². The first-order valence-corrected chi connectivity index (χ1v) is 13.2. The molecule has 0 aliphatic heterocycles. The second kappa shape index (κ2) is 10.8. The summed E-state index contributed by atoms with van der Waals surface area (Å²) in [5, 5.41) is 0. The summed E-state index contributed by atoms with van der Waals surface area (Å²) in [5.74, 6) is 3.88. The fraction of sp³-hybridized carbons (Fsp3) is 0.667. The summed E-state index contributed by atoms with van der Waals surface area (Å²) in [6, 6.07) is 9.54. The van der Waals surface area contributed by atoms with Crippen LogP contribution in [-0.4, -0.2) is 0 Å². The molecule has 1 aromatic carbocycles. The van der Waals surface area contributed by atoms with Crippen molar-refractivity contribution in [2.24, 2.45) is 23.7 Å². The predicted octanol–water partition coefficient (Wildman–Crippen LogP) is 9.46. The Balaban J connectivity index is 1.27. The quantitative estimate of drug-likeness (QED) is 0.397. The second-order valence-corrected chi connectivity index (χ2v) is 10.7. The van der Waals surface area contributed by atoms with Crippen molar-refractivity contribution >= 4 is 11.1 Å². The summed E-state index contributed by atoms with van der Waals surface area (Å²) in [5.41, 5.74) is 6.11. The number of hydrogen-bond donors (Lipinski definition) is 0. The zero-order chi connectivity index (χ0) is 20.8. The van der Waals surface area contributed by atoms with Gasteiger partial charge >= 0.3 is 0 Å².